The van der Waals surface area contributed by atoms with Crippen LogP contribution in [0.2, 0.25) is 10.0 Å². The van der Waals surface area contributed by atoms with Crippen LogP contribution in [-0.2, 0) is 24.1 Å². The van der Waals surface area contributed by atoms with Crippen LogP contribution in [0.1, 0.15) is 11.3 Å². The number of halogens is 5. The molecule has 1 aromatic carbocycles. The van der Waals surface area contributed by atoms with Gasteiger partial charge in [-0.25, -0.2) is 9.67 Å². The first-order valence-corrected chi connectivity index (χ1v) is 8.20. The van der Waals surface area contributed by atoms with Crippen LogP contribution < -0.4 is 5.32 Å². The molecule has 0 saturated carbocycles. The Morgan fingerprint density at radius 1 is 1.11 bits per heavy atom. The third kappa shape index (κ3) is 4.98. The fourth-order valence-corrected chi connectivity index (χ4v) is 2.49. The zero-order chi connectivity index (χ0) is 19.6. The second-order valence-corrected chi connectivity index (χ2v) is 6.27. The van der Waals surface area contributed by atoms with Crippen molar-refractivity contribution in [3.8, 4) is 0 Å². The monoisotopic (exact) mass is 418 g/mol. The number of amides is 1. The minimum absolute atomic E-state index is 0.0169. The van der Waals surface area contributed by atoms with E-state index < -0.39 is 24.3 Å². The quantitative estimate of drug-likeness (QED) is 0.687. The fourth-order valence-electron chi connectivity index (χ4n) is 2.17. The Kier molecular flexibility index (Phi) is 5.38. The molecule has 0 saturated heterocycles. The van der Waals surface area contributed by atoms with Gasteiger partial charge in [0.15, 0.2) is 5.69 Å². The lowest BCUT2D eigenvalue weighted by Gasteiger charge is -2.04. The van der Waals surface area contributed by atoms with E-state index in [0.717, 1.165) is 22.5 Å². The van der Waals surface area contributed by atoms with Gasteiger partial charge in [0.25, 0.3) is 0 Å². The van der Waals surface area contributed by atoms with E-state index in [2.05, 4.69) is 20.5 Å². The van der Waals surface area contributed by atoms with Gasteiger partial charge in [0, 0.05) is 6.20 Å². The topological polar surface area (TPSA) is 77.6 Å². The van der Waals surface area contributed by atoms with Crippen LogP contribution in [0.3, 0.4) is 0 Å². The fraction of sp³-hybridized carbons (Fsp3) is 0.200. The number of rotatable bonds is 5. The highest BCUT2D eigenvalue weighted by molar-refractivity contribution is 6.42. The molecule has 0 unspecified atom stereocenters. The Morgan fingerprint density at radius 2 is 1.89 bits per heavy atom. The Morgan fingerprint density at radius 3 is 2.56 bits per heavy atom. The first-order valence-electron chi connectivity index (χ1n) is 7.44. The van der Waals surface area contributed by atoms with Crippen molar-refractivity contribution in [2.45, 2.75) is 19.3 Å². The van der Waals surface area contributed by atoms with E-state index in [1.807, 2.05) is 0 Å². The second-order valence-electron chi connectivity index (χ2n) is 5.46. The maximum absolute atomic E-state index is 12.5. The molecule has 0 aliphatic heterocycles. The standard InChI is InChI=1S/C15H11Cl2F3N6O/c16-10-2-1-9(5-11(10)17)6-26-8-21-14(24-26)22-13(27)7-25-4-3-12(23-25)15(18,19)20/h1-5,8H,6-7H2,(H,22,24,27). The maximum Gasteiger partial charge on any atom is 0.435 e. The normalized spacial score (nSPS) is 11.6. The van der Waals surface area contributed by atoms with Gasteiger partial charge >= 0.3 is 6.18 Å². The van der Waals surface area contributed by atoms with E-state index in [1.165, 1.54) is 11.0 Å². The van der Waals surface area contributed by atoms with Crippen molar-refractivity contribution >= 4 is 35.1 Å². The number of aromatic nitrogens is 5. The Bertz CT molecular complexity index is 969. The highest BCUT2D eigenvalue weighted by Gasteiger charge is 2.33. The number of hydrogen-bond acceptors (Lipinski definition) is 4. The van der Waals surface area contributed by atoms with Gasteiger partial charge in [0.05, 0.1) is 16.6 Å². The van der Waals surface area contributed by atoms with Crippen LogP contribution in [0.4, 0.5) is 19.1 Å². The molecule has 3 aromatic rings. The number of carbonyl (C=O) groups excluding carboxylic acids is 1. The van der Waals surface area contributed by atoms with Gasteiger partial charge in [-0.1, -0.05) is 29.3 Å². The van der Waals surface area contributed by atoms with E-state index in [0.29, 0.717) is 16.6 Å². The van der Waals surface area contributed by atoms with Crippen LogP contribution in [0.5, 0.6) is 0 Å². The summed E-state index contributed by atoms with van der Waals surface area (Å²) in [4.78, 5) is 15.8. The average Bonchev–Trinajstić information content (AvgIpc) is 3.20. The van der Waals surface area contributed by atoms with E-state index in [9.17, 15) is 18.0 Å². The third-order valence-electron chi connectivity index (χ3n) is 3.35. The summed E-state index contributed by atoms with van der Waals surface area (Å²) in [5.74, 6) is -0.595. The number of carbonyl (C=O) groups is 1. The Labute approximate surface area is 160 Å². The Balaban J connectivity index is 1.59. The van der Waals surface area contributed by atoms with Gasteiger partial charge in [-0.2, -0.15) is 18.3 Å². The summed E-state index contributed by atoms with van der Waals surface area (Å²) in [5, 5.41) is 10.6. The SMILES string of the molecule is O=C(Cn1ccc(C(F)(F)F)n1)Nc1ncn(Cc2ccc(Cl)c(Cl)c2)n1. The summed E-state index contributed by atoms with van der Waals surface area (Å²) in [6.07, 6.45) is -2.10. The lowest BCUT2D eigenvalue weighted by Crippen LogP contribution is -2.20. The van der Waals surface area contributed by atoms with Crippen LogP contribution in [0, 0.1) is 0 Å². The van der Waals surface area contributed by atoms with Crippen molar-refractivity contribution in [2.24, 2.45) is 0 Å². The minimum Gasteiger partial charge on any atom is -0.292 e. The lowest BCUT2D eigenvalue weighted by atomic mass is 10.2. The van der Waals surface area contributed by atoms with Gasteiger partial charge in [-0.15, -0.1) is 5.10 Å². The van der Waals surface area contributed by atoms with Gasteiger partial charge in [0.1, 0.15) is 12.9 Å². The van der Waals surface area contributed by atoms with Crippen molar-refractivity contribution in [1.82, 2.24) is 24.5 Å². The number of nitrogens with one attached hydrogen (secondary N) is 1. The number of alkyl halides is 3. The molecule has 2 aromatic heterocycles. The van der Waals surface area contributed by atoms with Gasteiger partial charge in [-0.3, -0.25) is 14.8 Å². The molecule has 0 atom stereocenters. The van der Waals surface area contributed by atoms with Crippen molar-refractivity contribution in [3.63, 3.8) is 0 Å². The van der Waals surface area contributed by atoms with Crippen LogP contribution in [0.15, 0.2) is 36.8 Å². The number of nitrogens with zero attached hydrogens (tertiary/aromatic N) is 5. The molecule has 0 fully saturated rings. The minimum atomic E-state index is -4.56. The molecular weight excluding hydrogens is 408 g/mol. The van der Waals surface area contributed by atoms with Crippen molar-refractivity contribution < 1.29 is 18.0 Å². The van der Waals surface area contributed by atoms with E-state index >= 15 is 0 Å². The van der Waals surface area contributed by atoms with Gasteiger partial charge in [-0.05, 0) is 23.8 Å². The molecule has 1 amide bonds. The maximum atomic E-state index is 12.5. The summed E-state index contributed by atoms with van der Waals surface area (Å²) in [6.45, 7) is -0.0642. The van der Waals surface area contributed by atoms with E-state index in [4.69, 9.17) is 23.2 Å². The number of anilines is 1. The van der Waals surface area contributed by atoms with Crippen molar-refractivity contribution in [3.05, 3.63) is 58.1 Å². The largest absolute Gasteiger partial charge is 0.435 e. The summed E-state index contributed by atoms with van der Waals surface area (Å²) in [5.41, 5.74) is -0.247. The first-order chi connectivity index (χ1) is 12.7. The molecule has 27 heavy (non-hydrogen) atoms. The molecule has 0 spiro atoms. The molecule has 0 radical (unpaired) electrons. The van der Waals surface area contributed by atoms with Crippen LogP contribution >= 0.6 is 23.2 Å². The summed E-state index contributed by atoms with van der Waals surface area (Å²) in [7, 11) is 0. The van der Waals surface area contributed by atoms with E-state index in [-0.39, 0.29) is 5.95 Å². The smallest absolute Gasteiger partial charge is 0.292 e. The third-order valence-corrected chi connectivity index (χ3v) is 4.09. The molecule has 0 aliphatic rings. The molecule has 0 aliphatic carbocycles. The van der Waals surface area contributed by atoms with Gasteiger partial charge < -0.3 is 0 Å². The molecule has 142 valence electrons. The lowest BCUT2D eigenvalue weighted by molar-refractivity contribution is -0.141. The second kappa shape index (κ2) is 7.57. The molecule has 12 heteroatoms. The predicted molar refractivity (Wildman–Crippen MR) is 91.4 cm³/mol. The van der Waals surface area contributed by atoms with Crippen LogP contribution in [-0.4, -0.2) is 30.5 Å². The molecule has 7 nitrogen and oxygen atoms in total. The average molecular weight is 419 g/mol. The zero-order valence-electron chi connectivity index (χ0n) is 13.4. The highest BCUT2D eigenvalue weighted by Crippen LogP contribution is 2.27. The highest BCUT2D eigenvalue weighted by atomic mass is 35.5. The molecule has 3 rings (SSSR count). The molecular formula is C15H11Cl2F3N6O. The summed E-state index contributed by atoms with van der Waals surface area (Å²) < 4.78 is 39.8. The predicted octanol–water partition coefficient (Wildman–Crippen LogP) is 3.49. The summed E-state index contributed by atoms with van der Waals surface area (Å²) >= 11 is 11.8. The molecule has 0 bridgehead atoms. The van der Waals surface area contributed by atoms with E-state index in [1.54, 1.807) is 18.2 Å². The Hall–Kier alpha value is -2.59. The van der Waals surface area contributed by atoms with Crippen molar-refractivity contribution in [1.29, 1.82) is 0 Å². The van der Waals surface area contributed by atoms with Crippen LogP contribution in [0.25, 0.3) is 0 Å². The molecule has 1 N–H and O–H groups in total. The number of benzene rings is 1. The molecule has 2 heterocycles. The van der Waals surface area contributed by atoms with Gasteiger partial charge in [0.2, 0.25) is 11.9 Å². The first kappa shape index (κ1) is 19.2. The van der Waals surface area contributed by atoms with Crippen molar-refractivity contribution in [2.75, 3.05) is 5.32 Å². The zero-order valence-corrected chi connectivity index (χ0v) is 14.9. The summed E-state index contributed by atoms with van der Waals surface area (Å²) in [6, 6.07) is 5.89. The number of hydrogen-bond donors (Lipinski definition) is 1.